The number of nitrogens with one attached hydrogen (secondary N) is 1. The average Bonchev–Trinajstić information content (AvgIpc) is 2.67. The zero-order chi connectivity index (χ0) is 17.6. The Kier molecular flexibility index (Phi) is 5.05. The van der Waals surface area contributed by atoms with Crippen LogP contribution < -0.4 is 5.32 Å². The molecule has 0 radical (unpaired) electrons. The fraction of sp³-hybridized carbons (Fsp3) is 0.0909. The standard InChI is InChI=1S/C22H19NO2/c1-16(24)19-11-7-8-17(14-19)15-23-22(25)21-13-6-5-12-20(21)18-9-3-2-4-10-18/h2-14H,15H2,1H3,(H,23,25). The molecule has 0 heterocycles. The van der Waals surface area contributed by atoms with Gasteiger partial charge in [-0.3, -0.25) is 9.59 Å². The zero-order valence-electron chi connectivity index (χ0n) is 14.0. The first-order valence-corrected chi connectivity index (χ1v) is 8.17. The number of ketones is 1. The summed E-state index contributed by atoms with van der Waals surface area (Å²) in [5.74, 6) is -0.115. The van der Waals surface area contributed by atoms with E-state index in [1.54, 1.807) is 6.07 Å². The van der Waals surface area contributed by atoms with Crippen LogP contribution in [0.1, 0.15) is 33.2 Å². The molecule has 3 aromatic rings. The molecule has 0 aromatic heterocycles. The van der Waals surface area contributed by atoms with Gasteiger partial charge in [0.25, 0.3) is 5.91 Å². The molecule has 3 aromatic carbocycles. The Morgan fingerprint density at radius 2 is 1.56 bits per heavy atom. The minimum Gasteiger partial charge on any atom is -0.348 e. The van der Waals surface area contributed by atoms with E-state index in [0.29, 0.717) is 17.7 Å². The lowest BCUT2D eigenvalue weighted by Crippen LogP contribution is -2.23. The van der Waals surface area contributed by atoms with Crippen molar-refractivity contribution in [2.75, 3.05) is 0 Å². The Bertz CT molecular complexity index is 901. The Morgan fingerprint density at radius 1 is 0.840 bits per heavy atom. The van der Waals surface area contributed by atoms with Crippen molar-refractivity contribution in [3.05, 3.63) is 95.6 Å². The van der Waals surface area contributed by atoms with Gasteiger partial charge in [0.05, 0.1) is 0 Å². The molecule has 25 heavy (non-hydrogen) atoms. The van der Waals surface area contributed by atoms with Gasteiger partial charge in [-0.25, -0.2) is 0 Å². The summed E-state index contributed by atoms with van der Waals surface area (Å²) in [5.41, 5.74) is 4.09. The van der Waals surface area contributed by atoms with E-state index in [0.717, 1.165) is 16.7 Å². The third-order valence-electron chi connectivity index (χ3n) is 4.04. The Morgan fingerprint density at radius 3 is 2.32 bits per heavy atom. The number of rotatable bonds is 5. The Labute approximate surface area is 147 Å². The molecule has 3 nitrogen and oxygen atoms in total. The van der Waals surface area contributed by atoms with Crippen LogP contribution in [0.25, 0.3) is 11.1 Å². The highest BCUT2D eigenvalue weighted by atomic mass is 16.1. The maximum absolute atomic E-state index is 12.7. The highest BCUT2D eigenvalue weighted by Gasteiger charge is 2.12. The number of amides is 1. The molecule has 0 saturated heterocycles. The molecule has 0 spiro atoms. The van der Waals surface area contributed by atoms with E-state index < -0.39 is 0 Å². The van der Waals surface area contributed by atoms with Crippen molar-refractivity contribution < 1.29 is 9.59 Å². The highest BCUT2D eigenvalue weighted by Crippen LogP contribution is 2.23. The second-order valence-electron chi connectivity index (χ2n) is 5.85. The maximum atomic E-state index is 12.7. The summed E-state index contributed by atoms with van der Waals surface area (Å²) >= 11 is 0. The van der Waals surface area contributed by atoms with E-state index in [-0.39, 0.29) is 11.7 Å². The number of carbonyl (C=O) groups excluding carboxylic acids is 2. The van der Waals surface area contributed by atoms with E-state index in [1.165, 1.54) is 6.92 Å². The predicted molar refractivity (Wildman–Crippen MR) is 99.5 cm³/mol. The van der Waals surface area contributed by atoms with Crippen molar-refractivity contribution >= 4 is 11.7 Å². The summed E-state index contributed by atoms with van der Waals surface area (Å²) in [4.78, 5) is 24.1. The third kappa shape index (κ3) is 4.01. The van der Waals surface area contributed by atoms with Gasteiger partial charge in [-0.05, 0) is 35.7 Å². The molecule has 0 aliphatic carbocycles. The van der Waals surface area contributed by atoms with E-state index in [4.69, 9.17) is 0 Å². The summed E-state index contributed by atoms with van der Waals surface area (Å²) in [6.07, 6.45) is 0. The molecule has 0 bridgehead atoms. The van der Waals surface area contributed by atoms with Crippen molar-refractivity contribution in [1.29, 1.82) is 0 Å². The fourth-order valence-electron chi connectivity index (χ4n) is 2.73. The summed E-state index contributed by atoms with van der Waals surface area (Å²) in [7, 11) is 0. The first-order chi connectivity index (χ1) is 12.1. The van der Waals surface area contributed by atoms with Crippen LogP contribution in [-0.2, 0) is 6.54 Å². The molecule has 0 aliphatic rings. The van der Waals surface area contributed by atoms with Gasteiger partial charge in [0.2, 0.25) is 0 Å². The third-order valence-corrected chi connectivity index (χ3v) is 4.04. The van der Waals surface area contributed by atoms with Crippen LogP contribution in [0.5, 0.6) is 0 Å². The van der Waals surface area contributed by atoms with Crippen LogP contribution >= 0.6 is 0 Å². The van der Waals surface area contributed by atoms with Crippen LogP contribution in [0.3, 0.4) is 0 Å². The molecule has 3 heteroatoms. The monoisotopic (exact) mass is 329 g/mol. The van der Waals surface area contributed by atoms with Gasteiger partial charge in [-0.1, -0.05) is 66.7 Å². The smallest absolute Gasteiger partial charge is 0.252 e. The predicted octanol–water partition coefficient (Wildman–Crippen LogP) is 4.49. The van der Waals surface area contributed by atoms with Crippen LogP contribution in [0.2, 0.25) is 0 Å². The van der Waals surface area contributed by atoms with Gasteiger partial charge < -0.3 is 5.32 Å². The highest BCUT2D eigenvalue weighted by molar-refractivity contribution is 6.00. The zero-order valence-corrected chi connectivity index (χ0v) is 14.0. The molecule has 0 aliphatic heterocycles. The quantitative estimate of drug-likeness (QED) is 0.701. The van der Waals surface area contributed by atoms with E-state index in [2.05, 4.69) is 5.32 Å². The Balaban J connectivity index is 1.79. The van der Waals surface area contributed by atoms with E-state index >= 15 is 0 Å². The fourth-order valence-corrected chi connectivity index (χ4v) is 2.73. The molecule has 0 saturated carbocycles. The summed E-state index contributed by atoms with van der Waals surface area (Å²) in [5, 5.41) is 2.94. The van der Waals surface area contributed by atoms with Crippen molar-refractivity contribution in [1.82, 2.24) is 5.32 Å². The van der Waals surface area contributed by atoms with E-state index in [9.17, 15) is 9.59 Å². The molecular formula is C22H19NO2. The van der Waals surface area contributed by atoms with Gasteiger partial charge in [-0.15, -0.1) is 0 Å². The van der Waals surface area contributed by atoms with Crippen molar-refractivity contribution in [2.45, 2.75) is 13.5 Å². The lowest BCUT2D eigenvalue weighted by atomic mass is 9.99. The second-order valence-corrected chi connectivity index (χ2v) is 5.85. The van der Waals surface area contributed by atoms with Crippen molar-refractivity contribution in [2.24, 2.45) is 0 Å². The van der Waals surface area contributed by atoms with Gasteiger partial charge in [0.15, 0.2) is 5.78 Å². The van der Waals surface area contributed by atoms with Crippen LogP contribution in [0.15, 0.2) is 78.9 Å². The number of Topliss-reactive ketones (excluding diaryl/α,β-unsaturated/α-hetero) is 1. The number of hydrogen-bond acceptors (Lipinski definition) is 2. The van der Waals surface area contributed by atoms with Gasteiger partial charge >= 0.3 is 0 Å². The van der Waals surface area contributed by atoms with Gasteiger partial charge in [-0.2, -0.15) is 0 Å². The second kappa shape index (κ2) is 7.58. The van der Waals surface area contributed by atoms with E-state index in [1.807, 2.05) is 72.8 Å². The maximum Gasteiger partial charge on any atom is 0.252 e. The summed E-state index contributed by atoms with van der Waals surface area (Å²) in [6.45, 7) is 1.91. The van der Waals surface area contributed by atoms with Crippen molar-refractivity contribution in [3.63, 3.8) is 0 Å². The minimum absolute atomic E-state index is 0.0163. The van der Waals surface area contributed by atoms with Gasteiger partial charge in [0.1, 0.15) is 0 Å². The molecule has 1 N–H and O–H groups in total. The normalized spacial score (nSPS) is 10.3. The lowest BCUT2D eigenvalue weighted by molar-refractivity contribution is 0.0951. The summed E-state index contributed by atoms with van der Waals surface area (Å²) < 4.78 is 0. The molecule has 1 amide bonds. The average molecular weight is 329 g/mol. The Hall–Kier alpha value is -3.20. The molecule has 124 valence electrons. The van der Waals surface area contributed by atoms with Crippen LogP contribution in [-0.4, -0.2) is 11.7 Å². The molecule has 0 atom stereocenters. The molecule has 0 fully saturated rings. The van der Waals surface area contributed by atoms with Crippen LogP contribution in [0, 0.1) is 0 Å². The minimum atomic E-state index is -0.132. The van der Waals surface area contributed by atoms with Crippen LogP contribution in [0.4, 0.5) is 0 Å². The number of carbonyl (C=O) groups is 2. The topological polar surface area (TPSA) is 46.2 Å². The first kappa shape index (κ1) is 16.7. The van der Waals surface area contributed by atoms with Crippen molar-refractivity contribution in [3.8, 4) is 11.1 Å². The largest absolute Gasteiger partial charge is 0.348 e. The molecule has 3 rings (SSSR count). The lowest BCUT2D eigenvalue weighted by Gasteiger charge is -2.11. The number of benzene rings is 3. The SMILES string of the molecule is CC(=O)c1cccc(CNC(=O)c2ccccc2-c2ccccc2)c1. The molecule has 0 unspecified atom stereocenters. The summed E-state index contributed by atoms with van der Waals surface area (Å²) in [6, 6.07) is 24.7. The van der Waals surface area contributed by atoms with Gasteiger partial charge in [0, 0.05) is 17.7 Å². The molecular weight excluding hydrogens is 310 g/mol. The first-order valence-electron chi connectivity index (χ1n) is 8.17. The number of hydrogen-bond donors (Lipinski definition) is 1.